The Kier molecular flexibility index (Phi) is 9.72. The predicted octanol–water partition coefficient (Wildman–Crippen LogP) is 3.40. The van der Waals surface area contributed by atoms with E-state index >= 15 is 0 Å². The molecule has 2 rings (SSSR count). The zero-order valence-electron chi connectivity index (χ0n) is 19.9. The third-order valence-corrected chi connectivity index (χ3v) is 4.91. The van der Waals surface area contributed by atoms with E-state index in [0.29, 0.717) is 35.7 Å². The van der Waals surface area contributed by atoms with Crippen LogP contribution in [0.25, 0.3) is 0 Å². The van der Waals surface area contributed by atoms with Crippen molar-refractivity contribution >= 4 is 17.7 Å². The molecular formula is C25H33N3O5. The largest absolute Gasteiger partial charge is 0.493 e. The van der Waals surface area contributed by atoms with Crippen LogP contribution in [0, 0.1) is 12.8 Å². The molecule has 0 spiro atoms. The predicted molar refractivity (Wildman–Crippen MR) is 126 cm³/mol. The van der Waals surface area contributed by atoms with Crippen LogP contribution in [0.3, 0.4) is 0 Å². The first kappa shape index (κ1) is 25.7. The Hall–Kier alpha value is -3.55. The van der Waals surface area contributed by atoms with E-state index in [-0.39, 0.29) is 11.8 Å². The highest BCUT2D eigenvalue weighted by Gasteiger charge is 2.24. The molecule has 1 unspecified atom stereocenters. The van der Waals surface area contributed by atoms with E-state index in [4.69, 9.17) is 9.47 Å². The van der Waals surface area contributed by atoms with E-state index in [1.54, 1.807) is 24.3 Å². The number of nitrogens with one attached hydrogen (secondary N) is 3. The minimum Gasteiger partial charge on any atom is -0.493 e. The summed E-state index contributed by atoms with van der Waals surface area (Å²) in [6.07, 6.45) is 1.26. The first-order valence-corrected chi connectivity index (χ1v) is 11.0. The van der Waals surface area contributed by atoms with E-state index in [0.717, 1.165) is 12.0 Å². The monoisotopic (exact) mass is 455 g/mol. The molecule has 0 heterocycles. The van der Waals surface area contributed by atoms with Crippen molar-refractivity contribution < 1.29 is 23.9 Å². The summed E-state index contributed by atoms with van der Waals surface area (Å²) in [7, 11) is 1.49. The van der Waals surface area contributed by atoms with E-state index < -0.39 is 17.9 Å². The summed E-state index contributed by atoms with van der Waals surface area (Å²) in [6, 6.07) is 11.1. The number of hydrogen-bond acceptors (Lipinski definition) is 5. The molecule has 0 aromatic heterocycles. The highest BCUT2D eigenvalue weighted by molar-refractivity contribution is 6.00. The molecule has 178 valence electrons. The Morgan fingerprint density at radius 2 is 1.70 bits per heavy atom. The highest BCUT2D eigenvalue weighted by Crippen LogP contribution is 2.28. The number of carbonyl (C=O) groups is 3. The maximum absolute atomic E-state index is 12.8. The SMILES string of the molecule is CCCOc1ccc(C(=O)NNC(=O)C(CC(C)C)NC(=O)c2ccccc2C)cc1OC. The van der Waals surface area contributed by atoms with Crippen molar-refractivity contribution in [2.75, 3.05) is 13.7 Å². The topological polar surface area (TPSA) is 106 Å². The van der Waals surface area contributed by atoms with Crippen molar-refractivity contribution in [3.05, 3.63) is 59.2 Å². The second kappa shape index (κ2) is 12.5. The van der Waals surface area contributed by atoms with Gasteiger partial charge in [0.2, 0.25) is 0 Å². The summed E-state index contributed by atoms with van der Waals surface area (Å²) in [4.78, 5) is 38.0. The van der Waals surface area contributed by atoms with E-state index in [1.807, 2.05) is 39.8 Å². The van der Waals surface area contributed by atoms with Crippen LogP contribution in [0.5, 0.6) is 11.5 Å². The third kappa shape index (κ3) is 7.52. The quantitative estimate of drug-likeness (QED) is 0.476. The van der Waals surface area contributed by atoms with Gasteiger partial charge in [-0.1, -0.05) is 39.0 Å². The van der Waals surface area contributed by atoms with Gasteiger partial charge in [-0.3, -0.25) is 25.2 Å². The van der Waals surface area contributed by atoms with Gasteiger partial charge in [-0.15, -0.1) is 0 Å². The molecule has 0 aliphatic rings. The first-order chi connectivity index (χ1) is 15.8. The van der Waals surface area contributed by atoms with Gasteiger partial charge in [0.05, 0.1) is 13.7 Å². The molecule has 0 aliphatic carbocycles. The second-order valence-electron chi connectivity index (χ2n) is 8.13. The summed E-state index contributed by atoms with van der Waals surface area (Å²) in [5.41, 5.74) is 6.43. The van der Waals surface area contributed by atoms with Crippen molar-refractivity contribution in [2.24, 2.45) is 5.92 Å². The van der Waals surface area contributed by atoms with Crippen molar-refractivity contribution in [3.63, 3.8) is 0 Å². The lowest BCUT2D eigenvalue weighted by Gasteiger charge is -2.21. The number of hydrogen-bond donors (Lipinski definition) is 3. The zero-order valence-corrected chi connectivity index (χ0v) is 19.9. The van der Waals surface area contributed by atoms with Gasteiger partial charge < -0.3 is 14.8 Å². The van der Waals surface area contributed by atoms with Crippen molar-refractivity contribution in [1.29, 1.82) is 0 Å². The lowest BCUT2D eigenvalue weighted by Crippen LogP contribution is -2.52. The average Bonchev–Trinajstić information content (AvgIpc) is 2.80. The number of aryl methyl sites for hydroxylation is 1. The molecule has 0 saturated heterocycles. The molecule has 0 bridgehead atoms. The van der Waals surface area contributed by atoms with Crippen molar-refractivity contribution in [3.8, 4) is 11.5 Å². The highest BCUT2D eigenvalue weighted by atomic mass is 16.5. The number of rotatable bonds is 10. The number of ether oxygens (including phenoxy) is 2. The molecular weight excluding hydrogens is 422 g/mol. The summed E-state index contributed by atoms with van der Waals surface area (Å²) < 4.78 is 10.9. The maximum Gasteiger partial charge on any atom is 0.269 e. The lowest BCUT2D eigenvalue weighted by atomic mass is 10.0. The molecule has 0 fully saturated rings. The molecule has 8 nitrogen and oxygen atoms in total. The standard InChI is InChI=1S/C25H33N3O5/c1-6-13-33-21-12-11-18(15-22(21)32-5)23(29)27-28-25(31)20(14-16(2)3)26-24(30)19-10-8-7-9-17(19)4/h7-12,15-16,20H,6,13-14H2,1-5H3,(H,26,30)(H,27,29)(H,28,31). The van der Waals surface area contributed by atoms with Gasteiger partial charge in [0.25, 0.3) is 17.7 Å². The van der Waals surface area contributed by atoms with Gasteiger partial charge in [-0.05, 0) is 55.5 Å². The Morgan fingerprint density at radius 3 is 2.33 bits per heavy atom. The fourth-order valence-corrected chi connectivity index (χ4v) is 3.18. The van der Waals surface area contributed by atoms with Crippen LogP contribution >= 0.6 is 0 Å². The number of hydrazine groups is 1. The normalized spacial score (nSPS) is 11.5. The van der Waals surface area contributed by atoms with Crippen LogP contribution in [0.2, 0.25) is 0 Å². The molecule has 33 heavy (non-hydrogen) atoms. The van der Waals surface area contributed by atoms with E-state index in [2.05, 4.69) is 16.2 Å². The summed E-state index contributed by atoms with van der Waals surface area (Å²) in [6.45, 7) is 8.26. The fourth-order valence-electron chi connectivity index (χ4n) is 3.18. The summed E-state index contributed by atoms with van der Waals surface area (Å²) >= 11 is 0. The van der Waals surface area contributed by atoms with Gasteiger partial charge in [0, 0.05) is 11.1 Å². The van der Waals surface area contributed by atoms with Crippen LogP contribution in [0.15, 0.2) is 42.5 Å². The molecule has 0 aliphatic heterocycles. The van der Waals surface area contributed by atoms with Gasteiger partial charge >= 0.3 is 0 Å². The Bertz CT molecular complexity index is 974. The maximum atomic E-state index is 12.8. The smallest absolute Gasteiger partial charge is 0.269 e. The van der Waals surface area contributed by atoms with E-state index in [1.165, 1.54) is 13.2 Å². The molecule has 1 atom stereocenters. The molecule has 8 heteroatoms. The van der Waals surface area contributed by atoms with Crippen LogP contribution in [-0.4, -0.2) is 37.5 Å². The summed E-state index contributed by atoms with van der Waals surface area (Å²) in [5.74, 6) is -0.256. The molecule has 2 aromatic rings. The van der Waals surface area contributed by atoms with E-state index in [9.17, 15) is 14.4 Å². The summed E-state index contributed by atoms with van der Waals surface area (Å²) in [5, 5.41) is 2.78. The van der Waals surface area contributed by atoms with Gasteiger partial charge in [0.15, 0.2) is 11.5 Å². The Balaban J connectivity index is 2.05. The van der Waals surface area contributed by atoms with Crippen LogP contribution in [-0.2, 0) is 4.79 Å². The number of amides is 3. The van der Waals surface area contributed by atoms with Gasteiger partial charge in [-0.25, -0.2) is 0 Å². The number of methoxy groups -OCH3 is 1. The van der Waals surface area contributed by atoms with Gasteiger partial charge in [-0.2, -0.15) is 0 Å². The lowest BCUT2D eigenvalue weighted by molar-refractivity contribution is -0.124. The Labute approximate surface area is 195 Å². The van der Waals surface area contributed by atoms with Crippen molar-refractivity contribution in [1.82, 2.24) is 16.2 Å². The molecule has 3 N–H and O–H groups in total. The second-order valence-corrected chi connectivity index (χ2v) is 8.13. The number of benzene rings is 2. The van der Waals surface area contributed by atoms with Crippen LogP contribution < -0.4 is 25.6 Å². The molecule has 0 radical (unpaired) electrons. The molecule has 2 aromatic carbocycles. The Morgan fingerprint density at radius 1 is 0.970 bits per heavy atom. The van der Waals surface area contributed by atoms with Crippen LogP contribution in [0.4, 0.5) is 0 Å². The minimum atomic E-state index is -0.809. The fraction of sp³-hybridized carbons (Fsp3) is 0.400. The third-order valence-electron chi connectivity index (χ3n) is 4.91. The first-order valence-electron chi connectivity index (χ1n) is 11.0. The average molecular weight is 456 g/mol. The molecule has 0 saturated carbocycles. The molecule has 3 amide bonds. The zero-order chi connectivity index (χ0) is 24.4. The number of carbonyl (C=O) groups excluding carboxylic acids is 3. The minimum absolute atomic E-state index is 0.147. The van der Waals surface area contributed by atoms with Gasteiger partial charge in [0.1, 0.15) is 6.04 Å². The van der Waals surface area contributed by atoms with Crippen LogP contribution in [0.1, 0.15) is 59.9 Å². The van der Waals surface area contributed by atoms with Crippen molar-refractivity contribution in [2.45, 2.75) is 46.6 Å².